The average Bonchev–Trinajstić information content (AvgIpc) is 2.59. The Morgan fingerprint density at radius 1 is 1.27 bits per heavy atom. The normalized spacial score (nSPS) is 15.1. The molecule has 6 heteroatoms. The lowest BCUT2D eigenvalue weighted by Gasteiger charge is -2.30. The largest absolute Gasteiger partial charge is 0.471 e. The number of alkyl halides is 3. The molecule has 0 aliphatic rings. The van der Waals surface area contributed by atoms with E-state index in [0.29, 0.717) is 6.42 Å². The van der Waals surface area contributed by atoms with Gasteiger partial charge in [0.15, 0.2) is 0 Å². The van der Waals surface area contributed by atoms with Crippen LogP contribution in [0, 0.1) is 0 Å². The summed E-state index contributed by atoms with van der Waals surface area (Å²) in [5.41, 5.74) is 0.729. The highest BCUT2D eigenvalue weighted by atomic mass is 19.4. The summed E-state index contributed by atoms with van der Waals surface area (Å²) in [6.45, 7) is 7.36. The summed E-state index contributed by atoms with van der Waals surface area (Å²) in [6.07, 6.45) is 0.502. The highest BCUT2D eigenvalue weighted by molar-refractivity contribution is 5.81. The summed E-state index contributed by atoms with van der Waals surface area (Å²) in [7, 11) is 0. The maximum atomic E-state index is 12.6. The van der Waals surface area contributed by atoms with E-state index in [1.807, 2.05) is 11.4 Å². The second kappa shape index (κ2) is 11.0. The van der Waals surface area contributed by atoms with Gasteiger partial charge in [-0.1, -0.05) is 62.6 Å². The number of amides is 1. The van der Waals surface area contributed by atoms with E-state index in [1.165, 1.54) is 6.92 Å². The van der Waals surface area contributed by atoms with Crippen molar-refractivity contribution in [2.45, 2.75) is 70.4 Å². The van der Waals surface area contributed by atoms with Crippen LogP contribution in [0.15, 0.2) is 43.0 Å². The molecule has 0 fully saturated rings. The molecule has 0 heterocycles. The second-order valence-corrected chi connectivity index (χ2v) is 6.37. The zero-order chi connectivity index (χ0) is 19.6. The van der Waals surface area contributed by atoms with Gasteiger partial charge in [0.05, 0.1) is 12.1 Å². The number of halogens is 3. The predicted octanol–water partition coefficient (Wildman–Crippen LogP) is 5.34. The second-order valence-electron chi connectivity index (χ2n) is 6.37. The van der Waals surface area contributed by atoms with E-state index >= 15 is 0 Å². The van der Waals surface area contributed by atoms with E-state index in [1.54, 1.807) is 30.3 Å². The van der Waals surface area contributed by atoms with Crippen LogP contribution >= 0.6 is 0 Å². The fourth-order valence-electron chi connectivity index (χ4n) is 2.75. The minimum absolute atomic E-state index is 0.158. The topological polar surface area (TPSA) is 38.3 Å². The first-order valence-electron chi connectivity index (χ1n) is 8.98. The monoisotopic (exact) mass is 371 g/mol. The van der Waals surface area contributed by atoms with Gasteiger partial charge in [0.25, 0.3) is 0 Å². The number of ether oxygens (including phenoxy) is 1. The molecule has 1 aromatic rings. The van der Waals surface area contributed by atoms with Crippen molar-refractivity contribution in [3.8, 4) is 0 Å². The van der Waals surface area contributed by atoms with Gasteiger partial charge in [0.1, 0.15) is 6.10 Å². The predicted molar refractivity (Wildman–Crippen MR) is 96.7 cm³/mol. The molecule has 1 amide bonds. The van der Waals surface area contributed by atoms with Gasteiger partial charge in [-0.15, -0.1) is 6.58 Å². The Bertz CT molecular complexity index is 546. The number of carbonyl (C=O) groups is 1. The Labute approximate surface area is 153 Å². The first-order valence-corrected chi connectivity index (χ1v) is 8.98. The number of carbonyl (C=O) groups excluding carboxylic acids is 1. The van der Waals surface area contributed by atoms with Gasteiger partial charge in [0.2, 0.25) is 0 Å². The number of nitrogens with one attached hydrogen (secondary N) is 1. The van der Waals surface area contributed by atoms with Crippen LogP contribution in [0.5, 0.6) is 0 Å². The van der Waals surface area contributed by atoms with Crippen molar-refractivity contribution in [3.05, 3.63) is 48.6 Å². The average molecular weight is 371 g/mol. The highest BCUT2D eigenvalue weighted by Crippen LogP contribution is 2.27. The minimum Gasteiger partial charge on any atom is -0.368 e. The van der Waals surface area contributed by atoms with Crippen molar-refractivity contribution >= 4 is 5.91 Å². The van der Waals surface area contributed by atoms with Gasteiger partial charge in [-0.05, 0) is 25.3 Å². The maximum absolute atomic E-state index is 12.6. The summed E-state index contributed by atoms with van der Waals surface area (Å²) >= 11 is 0. The maximum Gasteiger partial charge on any atom is 0.471 e. The quantitative estimate of drug-likeness (QED) is 0.421. The number of benzene rings is 1. The SMILES string of the molecule is C=CC[C@@H](CCCCC)O[C@H](c1ccccc1)[C@@H](C)NC(=O)C(F)(F)F. The van der Waals surface area contributed by atoms with E-state index in [2.05, 4.69) is 13.5 Å². The van der Waals surface area contributed by atoms with Crippen LogP contribution in [-0.4, -0.2) is 24.2 Å². The molecule has 3 atom stereocenters. The molecule has 3 nitrogen and oxygen atoms in total. The van der Waals surface area contributed by atoms with Crippen molar-refractivity contribution in [1.82, 2.24) is 5.32 Å². The first kappa shape index (κ1) is 22.2. The van der Waals surface area contributed by atoms with Crippen LogP contribution in [0.4, 0.5) is 13.2 Å². The smallest absolute Gasteiger partial charge is 0.368 e. The van der Waals surface area contributed by atoms with Gasteiger partial charge < -0.3 is 10.1 Å². The fraction of sp³-hybridized carbons (Fsp3) is 0.550. The van der Waals surface area contributed by atoms with Crippen LogP contribution in [0.2, 0.25) is 0 Å². The minimum atomic E-state index is -4.92. The lowest BCUT2D eigenvalue weighted by atomic mass is 10.0. The Morgan fingerprint density at radius 3 is 2.46 bits per heavy atom. The first-order chi connectivity index (χ1) is 12.3. The summed E-state index contributed by atoms with van der Waals surface area (Å²) in [5.74, 6) is -1.96. The van der Waals surface area contributed by atoms with E-state index in [4.69, 9.17) is 4.74 Å². The summed E-state index contributed by atoms with van der Waals surface area (Å²) in [6, 6.07) is 8.16. The van der Waals surface area contributed by atoms with Crippen molar-refractivity contribution in [2.75, 3.05) is 0 Å². The van der Waals surface area contributed by atoms with Crippen molar-refractivity contribution in [3.63, 3.8) is 0 Å². The lowest BCUT2D eigenvalue weighted by molar-refractivity contribution is -0.175. The molecule has 1 N–H and O–H groups in total. The Hall–Kier alpha value is -1.82. The van der Waals surface area contributed by atoms with E-state index < -0.39 is 24.2 Å². The molecule has 0 radical (unpaired) electrons. The molecule has 0 saturated heterocycles. The molecule has 0 aliphatic carbocycles. The molecule has 0 spiro atoms. The number of unbranched alkanes of at least 4 members (excludes halogenated alkanes) is 2. The molecule has 0 aromatic heterocycles. The van der Waals surface area contributed by atoms with Crippen LogP contribution in [0.1, 0.15) is 57.6 Å². The van der Waals surface area contributed by atoms with Crippen LogP contribution in [-0.2, 0) is 9.53 Å². The third-order valence-electron chi connectivity index (χ3n) is 4.10. The molecule has 0 aliphatic heterocycles. The molecule has 0 bridgehead atoms. The van der Waals surface area contributed by atoms with Crippen molar-refractivity contribution < 1.29 is 22.7 Å². The van der Waals surface area contributed by atoms with E-state index in [9.17, 15) is 18.0 Å². The summed E-state index contributed by atoms with van der Waals surface area (Å²) in [4.78, 5) is 11.3. The molecule has 0 saturated carbocycles. The number of hydrogen-bond acceptors (Lipinski definition) is 2. The van der Waals surface area contributed by atoms with Crippen molar-refractivity contribution in [2.24, 2.45) is 0 Å². The van der Waals surface area contributed by atoms with Gasteiger partial charge in [-0.2, -0.15) is 13.2 Å². The fourth-order valence-corrected chi connectivity index (χ4v) is 2.75. The molecule has 1 rings (SSSR count). The molecular weight excluding hydrogens is 343 g/mol. The Balaban J connectivity index is 2.93. The summed E-state index contributed by atoms with van der Waals surface area (Å²) < 4.78 is 43.9. The molecular formula is C20H28F3NO2. The number of hydrogen-bond donors (Lipinski definition) is 1. The molecule has 0 unspecified atom stereocenters. The van der Waals surface area contributed by atoms with Crippen LogP contribution in [0.25, 0.3) is 0 Å². The zero-order valence-corrected chi connectivity index (χ0v) is 15.4. The lowest BCUT2D eigenvalue weighted by Crippen LogP contribution is -2.45. The molecule has 146 valence electrons. The standard InChI is InChI=1S/C20H28F3NO2/c1-4-6-8-14-17(11-5-2)26-18(16-12-9-7-10-13-16)15(3)24-19(25)20(21,22)23/h5,7,9-10,12-13,15,17-18H,2,4,6,8,11,14H2,1,3H3,(H,24,25)/t15-,17+,18+/m1/s1. The molecule has 26 heavy (non-hydrogen) atoms. The van der Waals surface area contributed by atoms with Crippen molar-refractivity contribution in [1.29, 1.82) is 0 Å². The molecule has 1 aromatic carbocycles. The number of rotatable bonds is 11. The third kappa shape index (κ3) is 7.60. The van der Waals surface area contributed by atoms with Gasteiger partial charge in [-0.25, -0.2) is 0 Å². The van der Waals surface area contributed by atoms with Gasteiger partial charge in [0, 0.05) is 0 Å². The van der Waals surface area contributed by atoms with E-state index in [-0.39, 0.29) is 6.10 Å². The Morgan fingerprint density at radius 2 is 1.92 bits per heavy atom. The van der Waals surface area contributed by atoms with Gasteiger partial charge >= 0.3 is 12.1 Å². The third-order valence-corrected chi connectivity index (χ3v) is 4.10. The highest BCUT2D eigenvalue weighted by Gasteiger charge is 2.40. The van der Waals surface area contributed by atoms with Crippen LogP contribution < -0.4 is 5.32 Å². The van der Waals surface area contributed by atoms with Gasteiger partial charge in [-0.3, -0.25) is 4.79 Å². The zero-order valence-electron chi connectivity index (χ0n) is 15.4. The van der Waals surface area contributed by atoms with E-state index in [0.717, 1.165) is 31.2 Å². The van der Waals surface area contributed by atoms with Crippen LogP contribution in [0.3, 0.4) is 0 Å². The Kier molecular flexibility index (Phi) is 9.41. The summed E-state index contributed by atoms with van der Waals surface area (Å²) in [5, 5.41) is 2.02.